The highest BCUT2D eigenvalue weighted by molar-refractivity contribution is 5.76. The molecule has 1 N–H and O–H groups in total. The van der Waals surface area contributed by atoms with E-state index >= 15 is 0 Å². The number of carbonyl (C=O) groups is 2. The van der Waals surface area contributed by atoms with Gasteiger partial charge in [0.05, 0.1) is 5.54 Å². The van der Waals surface area contributed by atoms with Crippen molar-refractivity contribution in [1.82, 2.24) is 5.32 Å². The summed E-state index contributed by atoms with van der Waals surface area (Å²) in [5.74, 6) is 0. The molecule has 0 saturated heterocycles. The Morgan fingerprint density at radius 2 is 1.93 bits per heavy atom. The molecule has 0 heterocycles. The maximum Gasteiger partial charge on any atom is 0.408 e. The molecule has 0 radical (unpaired) electrons. The van der Waals surface area contributed by atoms with Gasteiger partial charge in [0, 0.05) is 1.43 Å². The number of nitrogens with one attached hydrogen (secondary N) is 1. The van der Waals surface area contributed by atoms with Gasteiger partial charge in [-0.25, -0.2) is 4.79 Å². The van der Waals surface area contributed by atoms with Crippen LogP contribution in [0.4, 0.5) is 4.79 Å². The number of amides is 1. The summed E-state index contributed by atoms with van der Waals surface area (Å²) in [6.07, 6.45) is 1.63. The van der Waals surface area contributed by atoms with Crippen molar-refractivity contribution in [3.8, 4) is 0 Å². The normalized spacial score (nSPS) is 15.3. The second-order valence-corrected chi connectivity index (χ2v) is 4.91. The van der Waals surface area contributed by atoms with Crippen LogP contribution in [0.25, 0.3) is 0 Å². The van der Waals surface area contributed by atoms with Crippen LogP contribution in [0.3, 0.4) is 0 Å². The van der Waals surface area contributed by atoms with Crippen molar-refractivity contribution < 1.29 is 15.8 Å². The average Bonchev–Trinajstić information content (AvgIpc) is 2.00. The molecule has 0 aliphatic heterocycles. The summed E-state index contributed by atoms with van der Waals surface area (Å²) in [7, 11) is 0. The van der Waals surface area contributed by atoms with E-state index in [1.165, 1.54) is 0 Å². The minimum Gasteiger partial charge on any atom is -0.444 e. The molecular formula is C11H23NO3. The Morgan fingerprint density at radius 3 is 2.27 bits per heavy atom. The van der Waals surface area contributed by atoms with Crippen LogP contribution in [0.15, 0.2) is 0 Å². The SMILES string of the molecule is CCC[C@](C)(C=O)NC(=O)OC(C)(C)C.[HH]. The Bertz CT molecular complexity index is 238. The molecule has 0 aliphatic rings. The Balaban J connectivity index is 0. The lowest BCUT2D eigenvalue weighted by atomic mass is 9.99. The molecule has 4 heteroatoms. The van der Waals surface area contributed by atoms with Gasteiger partial charge in [0.1, 0.15) is 11.9 Å². The van der Waals surface area contributed by atoms with E-state index in [1.54, 1.807) is 27.7 Å². The first-order chi connectivity index (χ1) is 6.72. The summed E-state index contributed by atoms with van der Waals surface area (Å²) in [6, 6.07) is 0. The van der Waals surface area contributed by atoms with Crippen LogP contribution in [0.2, 0.25) is 0 Å². The molecule has 0 fully saturated rings. The highest BCUT2D eigenvalue weighted by Gasteiger charge is 2.27. The van der Waals surface area contributed by atoms with Gasteiger partial charge in [0.2, 0.25) is 0 Å². The predicted molar refractivity (Wildman–Crippen MR) is 60.9 cm³/mol. The van der Waals surface area contributed by atoms with Gasteiger partial charge in [-0.05, 0) is 34.1 Å². The van der Waals surface area contributed by atoms with Gasteiger partial charge < -0.3 is 14.8 Å². The van der Waals surface area contributed by atoms with E-state index < -0.39 is 17.2 Å². The molecule has 0 aliphatic carbocycles. The Kier molecular flexibility index (Phi) is 4.78. The van der Waals surface area contributed by atoms with Crippen molar-refractivity contribution in [3.63, 3.8) is 0 Å². The van der Waals surface area contributed by atoms with Crippen molar-refractivity contribution in [1.29, 1.82) is 0 Å². The molecule has 15 heavy (non-hydrogen) atoms. The highest BCUT2D eigenvalue weighted by atomic mass is 16.6. The molecule has 1 amide bonds. The van der Waals surface area contributed by atoms with Crippen molar-refractivity contribution >= 4 is 12.4 Å². The number of hydrogen-bond donors (Lipinski definition) is 1. The number of carbonyl (C=O) groups excluding carboxylic acids is 2. The van der Waals surface area contributed by atoms with Gasteiger partial charge in [-0.2, -0.15) is 0 Å². The molecule has 0 bridgehead atoms. The van der Waals surface area contributed by atoms with Gasteiger partial charge in [-0.15, -0.1) is 0 Å². The van der Waals surface area contributed by atoms with Crippen LogP contribution < -0.4 is 5.32 Å². The van der Waals surface area contributed by atoms with E-state index in [0.717, 1.165) is 12.7 Å². The minimum atomic E-state index is -0.822. The third-order valence-corrected chi connectivity index (χ3v) is 1.82. The maximum absolute atomic E-state index is 11.4. The van der Waals surface area contributed by atoms with E-state index in [4.69, 9.17) is 4.74 Å². The molecule has 0 saturated carbocycles. The lowest BCUT2D eigenvalue weighted by Crippen LogP contribution is -2.49. The summed E-state index contributed by atoms with van der Waals surface area (Å²) in [5, 5.41) is 2.57. The molecule has 0 rings (SSSR count). The first-order valence-electron chi connectivity index (χ1n) is 5.20. The van der Waals surface area contributed by atoms with Crippen molar-refractivity contribution in [3.05, 3.63) is 0 Å². The lowest BCUT2D eigenvalue weighted by Gasteiger charge is -2.27. The number of ether oxygens (including phenoxy) is 1. The summed E-state index contributed by atoms with van der Waals surface area (Å²) in [6.45, 7) is 8.99. The smallest absolute Gasteiger partial charge is 0.408 e. The largest absolute Gasteiger partial charge is 0.444 e. The quantitative estimate of drug-likeness (QED) is 0.736. The van der Waals surface area contributed by atoms with Gasteiger partial charge in [0.15, 0.2) is 0 Å². The topological polar surface area (TPSA) is 55.4 Å². The lowest BCUT2D eigenvalue weighted by molar-refractivity contribution is -0.113. The van der Waals surface area contributed by atoms with E-state index in [9.17, 15) is 9.59 Å². The second-order valence-electron chi connectivity index (χ2n) is 4.91. The Hall–Kier alpha value is -1.06. The summed E-state index contributed by atoms with van der Waals surface area (Å²) in [4.78, 5) is 22.3. The third kappa shape index (κ3) is 6.10. The van der Waals surface area contributed by atoms with E-state index in [0.29, 0.717) is 6.42 Å². The standard InChI is InChI=1S/C11H21NO3.H2/c1-6-7-11(5,8-13)12-9(14)15-10(2,3)4;/h8H,6-7H2,1-5H3,(H,12,14);1H/t11-;/m1./s1. The van der Waals surface area contributed by atoms with E-state index in [-0.39, 0.29) is 1.43 Å². The fourth-order valence-electron chi connectivity index (χ4n) is 1.21. The van der Waals surface area contributed by atoms with Crippen LogP contribution in [0, 0.1) is 0 Å². The van der Waals surface area contributed by atoms with Crippen molar-refractivity contribution in [2.24, 2.45) is 0 Å². The predicted octanol–water partition coefficient (Wildman–Crippen LogP) is 2.51. The molecular weight excluding hydrogens is 194 g/mol. The highest BCUT2D eigenvalue weighted by Crippen LogP contribution is 2.12. The zero-order valence-electron chi connectivity index (χ0n) is 10.2. The van der Waals surface area contributed by atoms with Crippen LogP contribution >= 0.6 is 0 Å². The maximum atomic E-state index is 11.4. The van der Waals surface area contributed by atoms with Gasteiger partial charge in [0.25, 0.3) is 0 Å². The molecule has 0 unspecified atom stereocenters. The molecule has 90 valence electrons. The fourth-order valence-corrected chi connectivity index (χ4v) is 1.21. The van der Waals surface area contributed by atoms with Crippen molar-refractivity contribution in [2.45, 2.75) is 58.6 Å². The summed E-state index contributed by atoms with van der Waals surface area (Å²) >= 11 is 0. The number of alkyl carbamates (subject to hydrolysis) is 1. The van der Waals surface area contributed by atoms with Gasteiger partial charge in [-0.1, -0.05) is 13.3 Å². The number of hydrogen-bond acceptors (Lipinski definition) is 3. The summed E-state index contributed by atoms with van der Waals surface area (Å²) in [5.41, 5.74) is -1.36. The number of rotatable bonds is 4. The van der Waals surface area contributed by atoms with E-state index in [2.05, 4.69) is 5.32 Å². The molecule has 4 nitrogen and oxygen atoms in total. The van der Waals surface area contributed by atoms with Crippen LogP contribution in [-0.2, 0) is 9.53 Å². The third-order valence-electron chi connectivity index (χ3n) is 1.82. The molecule has 0 aromatic heterocycles. The Labute approximate surface area is 92.9 Å². The first kappa shape index (κ1) is 13.9. The summed E-state index contributed by atoms with van der Waals surface area (Å²) < 4.78 is 5.07. The van der Waals surface area contributed by atoms with Gasteiger partial charge >= 0.3 is 6.09 Å². The zero-order valence-corrected chi connectivity index (χ0v) is 10.2. The fraction of sp³-hybridized carbons (Fsp3) is 0.818. The Morgan fingerprint density at radius 1 is 1.40 bits per heavy atom. The van der Waals surface area contributed by atoms with Crippen molar-refractivity contribution in [2.75, 3.05) is 0 Å². The molecule has 0 spiro atoms. The molecule has 1 atom stereocenters. The molecule has 0 aromatic carbocycles. The average molecular weight is 217 g/mol. The first-order valence-corrected chi connectivity index (χ1v) is 5.20. The van der Waals surface area contributed by atoms with Gasteiger partial charge in [-0.3, -0.25) is 0 Å². The van der Waals surface area contributed by atoms with E-state index in [1.807, 2.05) is 6.92 Å². The van der Waals surface area contributed by atoms with Crippen LogP contribution in [-0.4, -0.2) is 23.5 Å². The molecule has 0 aromatic rings. The second kappa shape index (κ2) is 5.14. The zero-order chi connectivity index (χ0) is 12.1. The number of aldehydes is 1. The van der Waals surface area contributed by atoms with Crippen LogP contribution in [0.1, 0.15) is 48.9 Å². The minimum absolute atomic E-state index is 0. The monoisotopic (exact) mass is 217 g/mol. The van der Waals surface area contributed by atoms with Crippen LogP contribution in [0.5, 0.6) is 0 Å².